The first-order valence-electron chi connectivity index (χ1n) is 7.40. The van der Waals surface area contributed by atoms with E-state index in [1.807, 2.05) is 7.05 Å². The van der Waals surface area contributed by atoms with Crippen LogP contribution in [0.5, 0.6) is 0 Å². The average Bonchev–Trinajstić information content (AvgIpc) is 3.18. The average molecular weight is 351 g/mol. The minimum atomic E-state index is -3.44. The molecule has 3 rings (SSSR count). The zero-order valence-corrected chi connectivity index (χ0v) is 14.3. The van der Waals surface area contributed by atoms with Crippen molar-refractivity contribution in [1.82, 2.24) is 19.4 Å². The first-order chi connectivity index (χ1) is 10.1. The molecule has 1 N–H and O–H groups in total. The summed E-state index contributed by atoms with van der Waals surface area (Å²) >= 11 is 0. The molecule has 1 aromatic rings. The molecule has 0 aliphatic carbocycles. The van der Waals surface area contributed by atoms with Gasteiger partial charge in [-0.2, -0.15) is 9.40 Å². The SMILES string of the molecule is CNC1CCCN(S(=O)(=O)c2cnn(C3CCOC3)c2)C1.Cl. The molecule has 1 aromatic heterocycles. The molecule has 0 radical (unpaired) electrons. The van der Waals surface area contributed by atoms with Gasteiger partial charge in [0.1, 0.15) is 4.90 Å². The molecule has 9 heteroatoms. The number of likely N-dealkylation sites (N-methyl/N-ethyl adjacent to an activating group) is 1. The molecule has 2 saturated heterocycles. The Hall–Kier alpha value is -0.670. The van der Waals surface area contributed by atoms with Crippen molar-refractivity contribution < 1.29 is 13.2 Å². The maximum Gasteiger partial charge on any atom is 0.246 e. The van der Waals surface area contributed by atoms with E-state index in [1.165, 1.54) is 6.20 Å². The topological polar surface area (TPSA) is 76.5 Å². The van der Waals surface area contributed by atoms with Gasteiger partial charge in [-0.15, -0.1) is 12.4 Å². The van der Waals surface area contributed by atoms with Crippen LogP contribution >= 0.6 is 12.4 Å². The highest BCUT2D eigenvalue weighted by Gasteiger charge is 2.31. The maximum absolute atomic E-state index is 12.7. The second-order valence-corrected chi connectivity index (χ2v) is 7.60. The highest BCUT2D eigenvalue weighted by molar-refractivity contribution is 7.89. The number of sulfonamides is 1. The van der Waals surface area contributed by atoms with E-state index >= 15 is 0 Å². The second-order valence-electron chi connectivity index (χ2n) is 5.66. The van der Waals surface area contributed by atoms with Crippen molar-refractivity contribution in [3.63, 3.8) is 0 Å². The number of nitrogens with zero attached hydrogens (tertiary/aromatic N) is 3. The smallest absolute Gasteiger partial charge is 0.246 e. The lowest BCUT2D eigenvalue weighted by atomic mass is 10.1. The molecule has 0 bridgehead atoms. The van der Waals surface area contributed by atoms with Gasteiger partial charge in [-0.05, 0) is 26.3 Å². The van der Waals surface area contributed by atoms with E-state index < -0.39 is 10.0 Å². The van der Waals surface area contributed by atoms with Crippen molar-refractivity contribution >= 4 is 22.4 Å². The third-order valence-electron chi connectivity index (χ3n) is 4.29. The van der Waals surface area contributed by atoms with Crippen molar-refractivity contribution in [2.45, 2.75) is 36.2 Å². The molecule has 22 heavy (non-hydrogen) atoms. The van der Waals surface area contributed by atoms with E-state index in [4.69, 9.17) is 4.74 Å². The van der Waals surface area contributed by atoms with Crippen LogP contribution in [0.4, 0.5) is 0 Å². The van der Waals surface area contributed by atoms with Crippen molar-refractivity contribution in [2.24, 2.45) is 0 Å². The van der Waals surface area contributed by atoms with E-state index in [0.717, 1.165) is 19.3 Å². The molecule has 2 unspecified atom stereocenters. The third kappa shape index (κ3) is 3.46. The number of rotatable bonds is 4. The van der Waals surface area contributed by atoms with Crippen molar-refractivity contribution in [1.29, 1.82) is 0 Å². The van der Waals surface area contributed by atoms with Crippen LogP contribution < -0.4 is 5.32 Å². The number of nitrogens with one attached hydrogen (secondary N) is 1. The summed E-state index contributed by atoms with van der Waals surface area (Å²) in [7, 11) is -1.57. The summed E-state index contributed by atoms with van der Waals surface area (Å²) < 4.78 is 34.0. The van der Waals surface area contributed by atoms with E-state index in [1.54, 1.807) is 15.2 Å². The van der Waals surface area contributed by atoms with E-state index in [2.05, 4.69) is 10.4 Å². The van der Waals surface area contributed by atoms with Crippen LogP contribution in [0.2, 0.25) is 0 Å². The Bertz CT molecular complexity index is 586. The van der Waals surface area contributed by atoms with Crippen LogP contribution in [-0.4, -0.2) is 61.9 Å². The fraction of sp³-hybridized carbons (Fsp3) is 0.769. The van der Waals surface area contributed by atoms with E-state index in [-0.39, 0.29) is 29.4 Å². The highest BCUT2D eigenvalue weighted by atomic mass is 35.5. The van der Waals surface area contributed by atoms with E-state index in [9.17, 15) is 8.42 Å². The van der Waals surface area contributed by atoms with E-state index in [0.29, 0.717) is 26.3 Å². The molecule has 0 saturated carbocycles. The molecular formula is C13H23ClN4O3S. The fourth-order valence-electron chi connectivity index (χ4n) is 2.93. The molecular weight excluding hydrogens is 328 g/mol. The lowest BCUT2D eigenvalue weighted by Crippen LogP contribution is -2.46. The van der Waals surface area contributed by atoms with Gasteiger partial charge >= 0.3 is 0 Å². The monoisotopic (exact) mass is 350 g/mol. The first-order valence-corrected chi connectivity index (χ1v) is 8.84. The molecule has 2 fully saturated rings. The zero-order chi connectivity index (χ0) is 14.9. The Kier molecular flexibility index (Phi) is 5.84. The minimum Gasteiger partial charge on any atom is -0.379 e. The lowest BCUT2D eigenvalue weighted by molar-refractivity contribution is 0.184. The van der Waals surface area contributed by atoms with Gasteiger partial charge in [-0.1, -0.05) is 0 Å². The summed E-state index contributed by atoms with van der Waals surface area (Å²) in [6, 6.07) is 0.382. The fourth-order valence-corrected chi connectivity index (χ4v) is 4.39. The molecule has 2 aliphatic heterocycles. The minimum absolute atomic E-state index is 0. The molecule has 0 aromatic carbocycles. The summed E-state index contributed by atoms with van der Waals surface area (Å²) in [5, 5.41) is 7.38. The van der Waals surface area contributed by atoms with Crippen molar-refractivity contribution in [3.8, 4) is 0 Å². The standard InChI is InChI=1S/C13H22N4O3S.ClH/c1-14-11-3-2-5-16(8-11)21(18,19)13-7-15-17(9-13)12-4-6-20-10-12;/h7,9,11-12,14H,2-6,8,10H2,1H3;1H. The lowest BCUT2D eigenvalue weighted by Gasteiger charge is -2.31. The molecule has 7 nitrogen and oxygen atoms in total. The summed E-state index contributed by atoms with van der Waals surface area (Å²) in [6.45, 7) is 2.42. The highest BCUT2D eigenvalue weighted by Crippen LogP contribution is 2.23. The van der Waals surface area contributed by atoms with Crippen molar-refractivity contribution in [3.05, 3.63) is 12.4 Å². The van der Waals surface area contributed by atoms with Gasteiger partial charge in [0.2, 0.25) is 10.0 Å². The normalized spacial score (nSPS) is 26.8. The molecule has 126 valence electrons. The second kappa shape index (κ2) is 7.27. The van der Waals surface area contributed by atoms with Gasteiger partial charge in [0, 0.05) is 31.9 Å². The Balaban J connectivity index is 0.00000176. The summed E-state index contributed by atoms with van der Waals surface area (Å²) in [5.41, 5.74) is 0. The number of ether oxygens (including phenoxy) is 1. The molecule has 2 atom stereocenters. The Morgan fingerprint density at radius 1 is 1.41 bits per heavy atom. The van der Waals surface area contributed by atoms with Crippen LogP contribution in [0.1, 0.15) is 25.3 Å². The first kappa shape index (κ1) is 17.7. The summed E-state index contributed by atoms with van der Waals surface area (Å²) in [6.07, 6.45) is 5.87. The largest absolute Gasteiger partial charge is 0.379 e. The Morgan fingerprint density at radius 3 is 2.91 bits per heavy atom. The van der Waals surface area contributed by atoms with Gasteiger partial charge in [0.05, 0.1) is 18.8 Å². The Morgan fingerprint density at radius 2 is 2.23 bits per heavy atom. The molecule has 0 spiro atoms. The van der Waals surface area contributed by atoms with Gasteiger partial charge < -0.3 is 10.1 Å². The van der Waals surface area contributed by atoms with Gasteiger partial charge in [0.15, 0.2) is 0 Å². The third-order valence-corrected chi connectivity index (χ3v) is 6.11. The molecule has 3 heterocycles. The predicted molar refractivity (Wildman–Crippen MR) is 84.8 cm³/mol. The quantitative estimate of drug-likeness (QED) is 0.862. The molecule has 2 aliphatic rings. The van der Waals surface area contributed by atoms with Crippen LogP contribution in [0.3, 0.4) is 0 Å². The van der Waals surface area contributed by atoms with Gasteiger partial charge in [0.25, 0.3) is 0 Å². The van der Waals surface area contributed by atoms with Crippen molar-refractivity contribution in [2.75, 3.05) is 33.4 Å². The summed E-state index contributed by atoms with van der Waals surface area (Å²) in [5.74, 6) is 0. The summed E-state index contributed by atoms with van der Waals surface area (Å²) in [4.78, 5) is 0.283. The number of aromatic nitrogens is 2. The van der Waals surface area contributed by atoms with Crippen LogP contribution in [0.25, 0.3) is 0 Å². The number of halogens is 1. The maximum atomic E-state index is 12.7. The zero-order valence-electron chi connectivity index (χ0n) is 12.6. The molecule has 0 amide bonds. The van der Waals surface area contributed by atoms with Crippen LogP contribution in [0, 0.1) is 0 Å². The van der Waals surface area contributed by atoms with Crippen LogP contribution in [0.15, 0.2) is 17.3 Å². The number of piperidine rings is 1. The predicted octanol–water partition coefficient (Wildman–Crippen LogP) is 0.639. The number of hydrogen-bond acceptors (Lipinski definition) is 5. The van der Waals surface area contributed by atoms with Gasteiger partial charge in [-0.25, -0.2) is 8.42 Å². The Labute approximate surface area is 137 Å². The number of hydrogen-bond donors (Lipinski definition) is 1. The van der Waals surface area contributed by atoms with Gasteiger partial charge in [-0.3, -0.25) is 4.68 Å². The van der Waals surface area contributed by atoms with Crippen LogP contribution in [-0.2, 0) is 14.8 Å².